The number of nitro groups is 1. The number of benzene rings is 1. The van der Waals surface area contributed by atoms with Crippen molar-refractivity contribution in [3.63, 3.8) is 0 Å². The van der Waals surface area contributed by atoms with Crippen LogP contribution in [0.2, 0.25) is 0 Å². The van der Waals surface area contributed by atoms with Gasteiger partial charge in [0.25, 0.3) is 5.69 Å². The Bertz CT molecular complexity index is 657. The Balaban J connectivity index is 1.91. The van der Waals surface area contributed by atoms with Crippen LogP contribution in [0.5, 0.6) is 0 Å². The Morgan fingerprint density at radius 1 is 1.55 bits per heavy atom. The largest absolute Gasteiger partial charge is 0.342 e. The van der Waals surface area contributed by atoms with Crippen molar-refractivity contribution in [3.05, 3.63) is 28.3 Å². The predicted octanol–water partition coefficient (Wildman–Crippen LogP) is 3.08. The molecule has 1 aliphatic rings. The minimum atomic E-state index is -0.391. The molecule has 2 unspecified atom stereocenters. The van der Waals surface area contributed by atoms with E-state index in [9.17, 15) is 10.1 Å². The SMILES string of the molecule is CC1CN(c2nc3ccc([N+](=O)[O-])cc3[nH]2)CCC1Br. The van der Waals surface area contributed by atoms with Crippen LogP contribution in [0, 0.1) is 16.0 Å². The van der Waals surface area contributed by atoms with Gasteiger partial charge in [0, 0.05) is 30.0 Å². The number of aromatic nitrogens is 2. The van der Waals surface area contributed by atoms with Crippen LogP contribution in [0.15, 0.2) is 18.2 Å². The second-order valence-electron chi connectivity index (χ2n) is 5.25. The van der Waals surface area contributed by atoms with E-state index in [1.807, 2.05) is 0 Å². The number of hydrogen-bond acceptors (Lipinski definition) is 4. The second-order valence-corrected chi connectivity index (χ2v) is 6.42. The number of imidazole rings is 1. The third-order valence-corrected chi connectivity index (χ3v) is 5.12. The van der Waals surface area contributed by atoms with Gasteiger partial charge in [-0.2, -0.15) is 0 Å². The first-order valence-corrected chi connectivity index (χ1v) is 7.49. The summed E-state index contributed by atoms with van der Waals surface area (Å²) in [6.45, 7) is 4.07. The molecule has 2 heterocycles. The topological polar surface area (TPSA) is 75.1 Å². The fourth-order valence-electron chi connectivity index (χ4n) is 2.56. The van der Waals surface area contributed by atoms with Crippen LogP contribution in [0.4, 0.5) is 11.6 Å². The zero-order valence-corrected chi connectivity index (χ0v) is 12.6. The predicted molar refractivity (Wildman–Crippen MR) is 81.5 cm³/mol. The minimum Gasteiger partial charge on any atom is -0.342 e. The van der Waals surface area contributed by atoms with Gasteiger partial charge in [-0.15, -0.1) is 0 Å². The number of hydrogen-bond donors (Lipinski definition) is 1. The first-order chi connectivity index (χ1) is 9.54. The van der Waals surface area contributed by atoms with Crippen LogP contribution < -0.4 is 4.90 Å². The number of piperidine rings is 1. The average Bonchev–Trinajstić information content (AvgIpc) is 2.84. The van der Waals surface area contributed by atoms with Crippen LogP contribution >= 0.6 is 15.9 Å². The molecule has 2 atom stereocenters. The lowest BCUT2D eigenvalue weighted by Crippen LogP contribution is -2.40. The van der Waals surface area contributed by atoms with E-state index in [2.05, 4.69) is 37.7 Å². The molecule has 0 saturated carbocycles. The molecule has 106 valence electrons. The van der Waals surface area contributed by atoms with E-state index in [1.165, 1.54) is 12.1 Å². The van der Waals surface area contributed by atoms with E-state index in [1.54, 1.807) is 6.07 Å². The number of H-pyrrole nitrogens is 1. The van der Waals surface area contributed by atoms with Gasteiger partial charge in [0.2, 0.25) is 5.95 Å². The molecule has 0 spiro atoms. The van der Waals surface area contributed by atoms with Crippen molar-refractivity contribution in [2.45, 2.75) is 18.2 Å². The van der Waals surface area contributed by atoms with Crippen LogP contribution in [-0.2, 0) is 0 Å². The first-order valence-electron chi connectivity index (χ1n) is 6.58. The molecule has 0 bridgehead atoms. The molecule has 1 aliphatic heterocycles. The van der Waals surface area contributed by atoms with Crippen molar-refractivity contribution < 1.29 is 4.92 Å². The van der Waals surface area contributed by atoms with Crippen molar-refractivity contribution in [1.29, 1.82) is 0 Å². The molecule has 1 aromatic heterocycles. The summed E-state index contributed by atoms with van der Waals surface area (Å²) in [4.78, 5) is 20.9. The van der Waals surface area contributed by atoms with Crippen molar-refractivity contribution >= 4 is 38.6 Å². The summed E-state index contributed by atoms with van der Waals surface area (Å²) in [7, 11) is 0. The highest BCUT2D eigenvalue weighted by atomic mass is 79.9. The van der Waals surface area contributed by atoms with Gasteiger partial charge in [0.15, 0.2) is 0 Å². The van der Waals surface area contributed by atoms with Crippen molar-refractivity contribution in [3.8, 4) is 0 Å². The highest BCUT2D eigenvalue weighted by Crippen LogP contribution is 2.28. The molecule has 2 aromatic rings. The number of nitrogens with one attached hydrogen (secondary N) is 1. The summed E-state index contributed by atoms with van der Waals surface area (Å²) in [5.74, 6) is 1.35. The van der Waals surface area contributed by atoms with Gasteiger partial charge in [-0.25, -0.2) is 4.98 Å². The number of aromatic amines is 1. The maximum atomic E-state index is 10.8. The quantitative estimate of drug-likeness (QED) is 0.518. The van der Waals surface area contributed by atoms with Gasteiger partial charge in [-0.1, -0.05) is 22.9 Å². The molecule has 20 heavy (non-hydrogen) atoms. The van der Waals surface area contributed by atoms with E-state index >= 15 is 0 Å². The van der Waals surface area contributed by atoms with Crippen molar-refractivity contribution in [2.24, 2.45) is 5.92 Å². The zero-order valence-electron chi connectivity index (χ0n) is 11.0. The highest BCUT2D eigenvalue weighted by molar-refractivity contribution is 9.09. The smallest absolute Gasteiger partial charge is 0.271 e. The van der Waals surface area contributed by atoms with Gasteiger partial charge in [-0.3, -0.25) is 10.1 Å². The van der Waals surface area contributed by atoms with Crippen molar-refractivity contribution in [1.82, 2.24) is 9.97 Å². The van der Waals surface area contributed by atoms with Gasteiger partial charge < -0.3 is 9.88 Å². The second kappa shape index (κ2) is 5.05. The molecule has 0 aliphatic carbocycles. The number of fused-ring (bicyclic) bond motifs is 1. The van der Waals surface area contributed by atoms with Crippen LogP contribution in [-0.4, -0.2) is 32.8 Å². The average molecular weight is 339 g/mol. The summed E-state index contributed by atoms with van der Waals surface area (Å²) < 4.78 is 0. The first kappa shape index (κ1) is 13.4. The summed E-state index contributed by atoms with van der Waals surface area (Å²) in [6, 6.07) is 4.71. The molecule has 0 amide bonds. The standard InChI is InChI=1S/C13H15BrN4O2/c1-8-7-17(5-4-10(8)14)13-15-11-3-2-9(18(19)20)6-12(11)16-13/h2-3,6,8,10H,4-5,7H2,1H3,(H,15,16). The summed E-state index contributed by atoms with van der Waals surface area (Å²) >= 11 is 3.68. The third-order valence-electron chi connectivity index (χ3n) is 3.76. The summed E-state index contributed by atoms with van der Waals surface area (Å²) in [5.41, 5.74) is 1.56. The van der Waals surface area contributed by atoms with Gasteiger partial charge in [0.1, 0.15) is 0 Å². The minimum absolute atomic E-state index is 0.0836. The maximum Gasteiger partial charge on any atom is 0.271 e. The fraction of sp³-hybridized carbons (Fsp3) is 0.462. The van der Waals surface area contributed by atoms with Crippen LogP contribution in [0.1, 0.15) is 13.3 Å². The van der Waals surface area contributed by atoms with E-state index in [0.29, 0.717) is 16.3 Å². The molecular formula is C13H15BrN4O2. The van der Waals surface area contributed by atoms with Gasteiger partial charge in [-0.05, 0) is 18.4 Å². The van der Waals surface area contributed by atoms with Gasteiger partial charge >= 0.3 is 0 Å². The maximum absolute atomic E-state index is 10.8. The molecule has 6 nitrogen and oxygen atoms in total. The zero-order chi connectivity index (χ0) is 14.3. The summed E-state index contributed by atoms with van der Waals surface area (Å²) in [6.07, 6.45) is 1.07. The molecule has 1 N–H and O–H groups in total. The lowest BCUT2D eigenvalue weighted by atomic mass is 10.0. The molecule has 1 fully saturated rings. The number of rotatable bonds is 2. The number of anilines is 1. The van der Waals surface area contributed by atoms with Crippen molar-refractivity contribution in [2.75, 3.05) is 18.0 Å². The lowest BCUT2D eigenvalue weighted by Gasteiger charge is -2.34. The number of nitro benzene ring substituents is 1. The summed E-state index contributed by atoms with van der Waals surface area (Å²) in [5, 5.41) is 10.8. The Morgan fingerprint density at radius 3 is 3.05 bits per heavy atom. The number of non-ortho nitro benzene ring substituents is 1. The number of alkyl halides is 1. The van der Waals surface area contributed by atoms with E-state index in [4.69, 9.17) is 0 Å². The monoisotopic (exact) mass is 338 g/mol. The molecule has 1 aromatic carbocycles. The van der Waals surface area contributed by atoms with E-state index in [-0.39, 0.29) is 5.69 Å². The van der Waals surface area contributed by atoms with Crippen LogP contribution in [0.25, 0.3) is 11.0 Å². The molecule has 1 saturated heterocycles. The Kier molecular flexibility index (Phi) is 3.37. The van der Waals surface area contributed by atoms with E-state index in [0.717, 1.165) is 31.0 Å². The highest BCUT2D eigenvalue weighted by Gasteiger charge is 2.25. The number of halogens is 1. The molecule has 7 heteroatoms. The third kappa shape index (κ3) is 2.37. The lowest BCUT2D eigenvalue weighted by molar-refractivity contribution is -0.384. The Morgan fingerprint density at radius 2 is 2.35 bits per heavy atom. The number of nitrogens with zero attached hydrogens (tertiary/aromatic N) is 3. The Hall–Kier alpha value is -1.63. The normalized spacial score (nSPS) is 23.2. The van der Waals surface area contributed by atoms with E-state index < -0.39 is 4.92 Å². The molecular weight excluding hydrogens is 324 g/mol. The molecule has 0 radical (unpaired) electrons. The fourth-order valence-corrected chi connectivity index (χ4v) is 2.93. The molecule has 3 rings (SSSR count). The Labute approximate surface area is 124 Å². The van der Waals surface area contributed by atoms with Crippen LogP contribution in [0.3, 0.4) is 0 Å². The van der Waals surface area contributed by atoms with Gasteiger partial charge in [0.05, 0.1) is 16.0 Å².